The fourth-order valence-electron chi connectivity index (χ4n) is 4.12. The molecular weight excluding hydrogens is 374 g/mol. The lowest BCUT2D eigenvalue weighted by molar-refractivity contribution is 0.0960. The molecule has 0 bridgehead atoms. The van der Waals surface area contributed by atoms with Gasteiger partial charge in [-0.25, -0.2) is 4.68 Å². The molecule has 1 aliphatic rings. The van der Waals surface area contributed by atoms with Crippen molar-refractivity contribution in [2.75, 3.05) is 5.32 Å². The van der Waals surface area contributed by atoms with Crippen LogP contribution in [0.4, 0.5) is 11.5 Å². The smallest absolute Gasteiger partial charge is 0.169 e. The van der Waals surface area contributed by atoms with Gasteiger partial charge in [0.25, 0.3) is 0 Å². The highest BCUT2D eigenvalue weighted by Crippen LogP contribution is 2.38. The summed E-state index contributed by atoms with van der Waals surface area (Å²) >= 11 is 0. The number of rotatable bonds is 5. The number of Topliss-reactive ketones (excluding diaryl/α,β-unsaturated/α-hetero) is 1. The normalized spacial score (nSPS) is 15.8. The van der Waals surface area contributed by atoms with Gasteiger partial charge in [-0.2, -0.15) is 0 Å². The topological polar surface area (TPSA) is 60.1 Å². The second-order valence-electron chi connectivity index (χ2n) is 7.64. The Hall–Kier alpha value is -3.60. The van der Waals surface area contributed by atoms with Gasteiger partial charge in [-0.3, -0.25) is 4.79 Å². The second-order valence-corrected chi connectivity index (χ2v) is 7.64. The molecule has 0 spiro atoms. The highest BCUT2D eigenvalue weighted by Gasteiger charge is 2.34. The Morgan fingerprint density at radius 3 is 2.53 bits per heavy atom. The number of hydrogen-bond donors (Lipinski definition) is 1. The van der Waals surface area contributed by atoms with Crippen LogP contribution in [0.15, 0.2) is 77.4 Å². The van der Waals surface area contributed by atoms with E-state index in [1.54, 1.807) is 6.26 Å². The van der Waals surface area contributed by atoms with Crippen LogP contribution in [-0.2, 0) is 12.8 Å². The Morgan fingerprint density at radius 2 is 1.83 bits per heavy atom. The van der Waals surface area contributed by atoms with Crippen molar-refractivity contribution in [3.63, 3.8) is 0 Å². The first kappa shape index (κ1) is 18.4. The molecule has 1 unspecified atom stereocenters. The van der Waals surface area contributed by atoms with Crippen molar-refractivity contribution in [1.82, 2.24) is 9.78 Å². The number of carbonyl (C=O) groups excluding carboxylic acids is 1. The predicted molar refractivity (Wildman–Crippen MR) is 117 cm³/mol. The summed E-state index contributed by atoms with van der Waals surface area (Å²) in [5.41, 5.74) is 4.74. The fraction of sp³-hybridized carbons (Fsp3) is 0.200. The van der Waals surface area contributed by atoms with Crippen LogP contribution in [0.2, 0.25) is 0 Å². The van der Waals surface area contributed by atoms with Crippen molar-refractivity contribution in [3.8, 4) is 5.69 Å². The standard InChI is InChI=1S/C25H23N3O2/c1-2-17-10-12-19(13-11-17)26-25-24-21(28(27-25)20-7-4-3-5-8-20)15-18(16-22(24)29)23-9-6-14-30-23/h3-14,18H,2,15-16H2,1H3,(H,26,27). The molecule has 0 saturated heterocycles. The lowest BCUT2D eigenvalue weighted by Gasteiger charge is -2.21. The van der Waals surface area contributed by atoms with Gasteiger partial charge < -0.3 is 9.73 Å². The summed E-state index contributed by atoms with van der Waals surface area (Å²) in [7, 11) is 0. The van der Waals surface area contributed by atoms with Crippen LogP contribution in [0, 0.1) is 0 Å². The fourth-order valence-corrected chi connectivity index (χ4v) is 4.12. The van der Waals surface area contributed by atoms with Gasteiger partial charge in [0, 0.05) is 24.4 Å². The summed E-state index contributed by atoms with van der Waals surface area (Å²) in [4.78, 5) is 13.2. The lowest BCUT2D eigenvalue weighted by Crippen LogP contribution is -2.20. The van der Waals surface area contributed by atoms with Crippen molar-refractivity contribution in [2.45, 2.75) is 32.1 Å². The number of nitrogens with zero attached hydrogens (tertiary/aromatic N) is 2. The summed E-state index contributed by atoms with van der Waals surface area (Å²) < 4.78 is 7.50. The summed E-state index contributed by atoms with van der Waals surface area (Å²) in [6.45, 7) is 2.13. The van der Waals surface area contributed by atoms with Crippen LogP contribution >= 0.6 is 0 Å². The Bertz CT molecular complexity index is 1160. The highest BCUT2D eigenvalue weighted by molar-refractivity contribution is 6.03. The van der Waals surface area contributed by atoms with Crippen LogP contribution in [0.3, 0.4) is 0 Å². The van der Waals surface area contributed by atoms with Crippen LogP contribution in [-0.4, -0.2) is 15.6 Å². The first-order valence-corrected chi connectivity index (χ1v) is 10.3. The number of ketones is 1. The van der Waals surface area contributed by atoms with Crippen LogP contribution in [0.1, 0.15) is 46.6 Å². The third-order valence-corrected chi connectivity index (χ3v) is 5.70. The molecule has 1 aliphatic carbocycles. The van der Waals surface area contributed by atoms with E-state index in [1.165, 1.54) is 5.56 Å². The maximum absolute atomic E-state index is 13.2. The molecule has 1 atom stereocenters. The van der Waals surface area contributed by atoms with Gasteiger partial charge in [0.15, 0.2) is 11.6 Å². The van der Waals surface area contributed by atoms with Crippen molar-refractivity contribution in [2.24, 2.45) is 0 Å². The summed E-state index contributed by atoms with van der Waals surface area (Å²) in [6, 6.07) is 22.0. The average molecular weight is 397 g/mol. The first-order chi connectivity index (χ1) is 14.7. The molecule has 5 nitrogen and oxygen atoms in total. The monoisotopic (exact) mass is 397 g/mol. The molecule has 0 fully saturated rings. The van der Waals surface area contributed by atoms with E-state index < -0.39 is 0 Å². The molecule has 5 heteroatoms. The summed E-state index contributed by atoms with van der Waals surface area (Å²) in [6.07, 6.45) is 3.78. The Labute approximate surface area is 175 Å². The van der Waals surface area contributed by atoms with Gasteiger partial charge in [0.1, 0.15) is 5.76 Å². The van der Waals surface area contributed by atoms with Gasteiger partial charge in [-0.05, 0) is 48.4 Å². The third kappa shape index (κ3) is 3.32. The molecule has 0 aliphatic heterocycles. The third-order valence-electron chi connectivity index (χ3n) is 5.70. The van der Waals surface area contributed by atoms with Gasteiger partial charge in [-0.1, -0.05) is 37.3 Å². The molecule has 5 rings (SSSR count). The number of carbonyl (C=O) groups is 1. The lowest BCUT2D eigenvalue weighted by atomic mass is 9.85. The van der Waals surface area contributed by atoms with E-state index in [4.69, 9.17) is 9.52 Å². The number of aryl methyl sites for hydroxylation is 1. The van der Waals surface area contributed by atoms with E-state index in [1.807, 2.05) is 59.3 Å². The number of furan rings is 1. The molecule has 30 heavy (non-hydrogen) atoms. The predicted octanol–water partition coefficient (Wildman–Crippen LogP) is 5.68. The largest absolute Gasteiger partial charge is 0.469 e. The number of benzene rings is 2. The maximum Gasteiger partial charge on any atom is 0.169 e. The highest BCUT2D eigenvalue weighted by atomic mass is 16.3. The molecular formula is C25H23N3O2. The van der Waals surface area contributed by atoms with Gasteiger partial charge in [0.05, 0.1) is 23.2 Å². The summed E-state index contributed by atoms with van der Waals surface area (Å²) in [5.74, 6) is 1.57. The van der Waals surface area contributed by atoms with Gasteiger partial charge in [-0.15, -0.1) is 5.10 Å². The first-order valence-electron chi connectivity index (χ1n) is 10.3. The van der Waals surface area contributed by atoms with Crippen molar-refractivity contribution < 1.29 is 9.21 Å². The van der Waals surface area contributed by atoms with Gasteiger partial charge >= 0.3 is 0 Å². The average Bonchev–Trinajstić information content (AvgIpc) is 3.44. The Kier molecular flexibility index (Phi) is 4.71. The second kappa shape index (κ2) is 7.67. The number of para-hydroxylation sites is 1. The minimum Gasteiger partial charge on any atom is -0.469 e. The van der Waals surface area contributed by atoms with Crippen LogP contribution in [0.5, 0.6) is 0 Å². The van der Waals surface area contributed by atoms with Crippen molar-refractivity contribution in [3.05, 3.63) is 95.6 Å². The molecule has 1 N–H and O–H groups in total. The van der Waals surface area contributed by atoms with E-state index in [9.17, 15) is 4.79 Å². The maximum atomic E-state index is 13.2. The van der Waals surface area contributed by atoms with Crippen LogP contribution in [0.25, 0.3) is 5.69 Å². The quantitative estimate of drug-likeness (QED) is 0.470. The number of aromatic nitrogens is 2. The molecule has 150 valence electrons. The molecule has 0 saturated carbocycles. The Morgan fingerprint density at radius 1 is 1.03 bits per heavy atom. The minimum absolute atomic E-state index is 0.0239. The van der Waals surface area contributed by atoms with Crippen molar-refractivity contribution >= 4 is 17.3 Å². The minimum atomic E-state index is 0.0239. The zero-order valence-corrected chi connectivity index (χ0v) is 16.8. The number of hydrogen-bond acceptors (Lipinski definition) is 4. The number of fused-ring (bicyclic) bond motifs is 1. The van der Waals surface area contributed by atoms with Crippen molar-refractivity contribution in [1.29, 1.82) is 0 Å². The summed E-state index contributed by atoms with van der Waals surface area (Å²) in [5, 5.41) is 8.20. The molecule has 0 amide bonds. The number of anilines is 2. The van der Waals surface area contributed by atoms with Crippen LogP contribution < -0.4 is 5.32 Å². The van der Waals surface area contributed by atoms with E-state index >= 15 is 0 Å². The van der Waals surface area contributed by atoms with E-state index in [0.29, 0.717) is 24.2 Å². The van der Waals surface area contributed by atoms with E-state index in [2.05, 4.69) is 24.4 Å². The molecule has 0 radical (unpaired) electrons. The zero-order valence-electron chi connectivity index (χ0n) is 16.8. The molecule has 4 aromatic rings. The molecule has 2 aromatic carbocycles. The number of nitrogens with one attached hydrogen (secondary N) is 1. The zero-order chi connectivity index (χ0) is 20.5. The van der Waals surface area contributed by atoms with E-state index in [-0.39, 0.29) is 11.7 Å². The SMILES string of the molecule is CCc1ccc(Nc2nn(-c3ccccc3)c3c2C(=O)CC(c2ccco2)C3)cc1. The molecule has 2 heterocycles. The Balaban J connectivity index is 1.58. The molecule has 2 aromatic heterocycles. The van der Waals surface area contributed by atoms with E-state index in [0.717, 1.165) is 29.2 Å². The van der Waals surface area contributed by atoms with Gasteiger partial charge in [0.2, 0.25) is 0 Å².